The van der Waals surface area contributed by atoms with E-state index in [2.05, 4.69) is 5.32 Å². The highest BCUT2D eigenvalue weighted by Crippen LogP contribution is 2.31. The Balaban J connectivity index is 1.92. The first-order valence-corrected chi connectivity index (χ1v) is 7.47. The van der Waals surface area contributed by atoms with E-state index in [1.165, 1.54) is 6.26 Å². The predicted molar refractivity (Wildman–Crippen MR) is 84.1 cm³/mol. The van der Waals surface area contributed by atoms with Crippen LogP contribution in [0.2, 0.25) is 0 Å². The van der Waals surface area contributed by atoms with E-state index in [4.69, 9.17) is 4.42 Å². The molecule has 0 radical (unpaired) electrons. The maximum atomic E-state index is 12.6. The predicted octanol–water partition coefficient (Wildman–Crippen LogP) is 3.22. The van der Waals surface area contributed by atoms with Crippen molar-refractivity contribution in [2.75, 3.05) is 16.8 Å². The Hall–Kier alpha value is -2.56. The lowest BCUT2D eigenvalue weighted by molar-refractivity contribution is -0.115. The summed E-state index contributed by atoms with van der Waals surface area (Å²) in [5.74, 6) is 0.139. The van der Waals surface area contributed by atoms with Crippen molar-refractivity contribution in [3.05, 3.63) is 47.9 Å². The number of furan rings is 1. The number of hydrogen-bond acceptors (Lipinski definition) is 3. The summed E-state index contributed by atoms with van der Waals surface area (Å²) < 4.78 is 5.21. The number of fused-ring (bicyclic) bond motifs is 1. The van der Waals surface area contributed by atoms with Crippen LogP contribution in [0, 0.1) is 0 Å². The van der Waals surface area contributed by atoms with Crippen LogP contribution >= 0.6 is 0 Å². The van der Waals surface area contributed by atoms with Crippen molar-refractivity contribution >= 4 is 23.2 Å². The summed E-state index contributed by atoms with van der Waals surface area (Å²) in [5.41, 5.74) is 2.67. The van der Waals surface area contributed by atoms with Gasteiger partial charge in [0.05, 0.1) is 6.26 Å². The van der Waals surface area contributed by atoms with Gasteiger partial charge in [-0.15, -0.1) is 0 Å². The topological polar surface area (TPSA) is 62.6 Å². The number of carbonyl (C=O) groups excluding carboxylic acids is 2. The number of rotatable bonds is 3. The molecule has 0 saturated heterocycles. The first-order chi connectivity index (χ1) is 10.7. The van der Waals surface area contributed by atoms with Crippen molar-refractivity contribution in [3.8, 4) is 0 Å². The molecular weight excluding hydrogens is 280 g/mol. The maximum Gasteiger partial charge on any atom is 0.293 e. The quantitative estimate of drug-likeness (QED) is 0.946. The summed E-state index contributed by atoms with van der Waals surface area (Å²) in [6.45, 7) is 2.46. The largest absolute Gasteiger partial charge is 0.459 e. The van der Waals surface area contributed by atoms with Crippen LogP contribution in [0.15, 0.2) is 41.0 Å². The lowest BCUT2D eigenvalue weighted by atomic mass is 10.0. The molecule has 1 N–H and O–H groups in total. The minimum absolute atomic E-state index is 0.0420. The Morgan fingerprint density at radius 2 is 2.18 bits per heavy atom. The number of nitrogens with zero attached hydrogens (tertiary/aromatic N) is 1. The Morgan fingerprint density at radius 3 is 2.91 bits per heavy atom. The molecule has 2 amide bonds. The van der Waals surface area contributed by atoms with Crippen molar-refractivity contribution in [2.24, 2.45) is 0 Å². The Morgan fingerprint density at radius 1 is 1.32 bits per heavy atom. The van der Waals surface area contributed by atoms with Crippen LogP contribution in [-0.2, 0) is 11.2 Å². The van der Waals surface area contributed by atoms with Crippen molar-refractivity contribution in [1.29, 1.82) is 0 Å². The molecule has 0 aliphatic carbocycles. The van der Waals surface area contributed by atoms with E-state index >= 15 is 0 Å². The molecule has 5 nitrogen and oxygen atoms in total. The van der Waals surface area contributed by atoms with Crippen LogP contribution in [0.1, 0.15) is 35.9 Å². The molecule has 0 atom stereocenters. The number of hydrogen-bond donors (Lipinski definition) is 1. The fourth-order valence-electron chi connectivity index (χ4n) is 2.65. The second-order valence-corrected chi connectivity index (χ2v) is 5.28. The number of amides is 2. The molecular formula is C17H18N2O3. The Labute approximate surface area is 128 Å². The molecule has 1 aromatic heterocycles. The summed E-state index contributed by atoms with van der Waals surface area (Å²) in [4.78, 5) is 25.8. The Bertz CT molecular complexity index is 692. The van der Waals surface area contributed by atoms with Gasteiger partial charge < -0.3 is 14.6 Å². The van der Waals surface area contributed by atoms with Gasteiger partial charge in [0.1, 0.15) is 0 Å². The summed E-state index contributed by atoms with van der Waals surface area (Å²) in [6, 6.07) is 9.09. The number of nitrogens with one attached hydrogen (secondary N) is 1. The van der Waals surface area contributed by atoms with Crippen LogP contribution in [-0.4, -0.2) is 18.4 Å². The highest BCUT2D eigenvalue weighted by atomic mass is 16.3. The van der Waals surface area contributed by atoms with E-state index in [0.717, 1.165) is 24.1 Å². The van der Waals surface area contributed by atoms with E-state index in [1.54, 1.807) is 24.0 Å². The molecule has 2 heterocycles. The minimum Gasteiger partial charge on any atom is -0.459 e. The van der Waals surface area contributed by atoms with Gasteiger partial charge in [0, 0.05) is 24.3 Å². The second-order valence-electron chi connectivity index (χ2n) is 5.28. The van der Waals surface area contributed by atoms with E-state index in [1.807, 2.05) is 18.2 Å². The third-order valence-corrected chi connectivity index (χ3v) is 3.79. The van der Waals surface area contributed by atoms with Crippen LogP contribution in [0.5, 0.6) is 0 Å². The van der Waals surface area contributed by atoms with Gasteiger partial charge in [-0.05, 0) is 42.7 Å². The number of aryl methyl sites for hydroxylation is 1. The van der Waals surface area contributed by atoms with Gasteiger partial charge >= 0.3 is 0 Å². The van der Waals surface area contributed by atoms with Gasteiger partial charge in [-0.1, -0.05) is 13.0 Å². The molecule has 1 aliphatic heterocycles. The zero-order chi connectivity index (χ0) is 15.5. The molecule has 0 fully saturated rings. The normalized spacial score (nSPS) is 13.6. The monoisotopic (exact) mass is 298 g/mol. The highest BCUT2D eigenvalue weighted by molar-refractivity contribution is 6.05. The summed E-state index contributed by atoms with van der Waals surface area (Å²) in [7, 11) is 0. The Kier molecular flexibility index (Phi) is 3.96. The fourth-order valence-corrected chi connectivity index (χ4v) is 2.65. The molecule has 0 bridgehead atoms. The van der Waals surface area contributed by atoms with E-state index < -0.39 is 0 Å². The van der Waals surface area contributed by atoms with Gasteiger partial charge in [-0.25, -0.2) is 0 Å². The van der Waals surface area contributed by atoms with E-state index in [9.17, 15) is 9.59 Å². The molecule has 2 aromatic rings. The van der Waals surface area contributed by atoms with Crippen LogP contribution in [0.3, 0.4) is 0 Å². The van der Waals surface area contributed by atoms with E-state index in [-0.39, 0.29) is 11.8 Å². The zero-order valence-corrected chi connectivity index (χ0v) is 12.5. The lowest BCUT2D eigenvalue weighted by Gasteiger charge is -2.29. The number of carbonyl (C=O) groups is 2. The van der Waals surface area contributed by atoms with Gasteiger partial charge in [-0.3, -0.25) is 9.59 Å². The average molecular weight is 298 g/mol. The summed E-state index contributed by atoms with van der Waals surface area (Å²) in [5, 5.41) is 2.84. The average Bonchev–Trinajstić information content (AvgIpc) is 3.08. The SMILES string of the molecule is CCC(=O)Nc1ccc2c(c1)N(C(=O)c1ccco1)CCC2. The minimum atomic E-state index is -0.148. The lowest BCUT2D eigenvalue weighted by Crippen LogP contribution is -2.35. The van der Waals surface area contributed by atoms with Crippen LogP contribution < -0.4 is 10.2 Å². The first-order valence-electron chi connectivity index (χ1n) is 7.47. The highest BCUT2D eigenvalue weighted by Gasteiger charge is 2.25. The van der Waals surface area contributed by atoms with Gasteiger partial charge in [-0.2, -0.15) is 0 Å². The fraction of sp³-hybridized carbons (Fsp3) is 0.294. The third-order valence-electron chi connectivity index (χ3n) is 3.79. The van der Waals surface area contributed by atoms with Gasteiger partial charge in [0.15, 0.2) is 5.76 Å². The number of benzene rings is 1. The smallest absolute Gasteiger partial charge is 0.293 e. The summed E-state index contributed by atoms with van der Waals surface area (Å²) in [6.07, 6.45) is 3.77. The first kappa shape index (κ1) is 14.4. The molecule has 0 spiro atoms. The molecule has 0 unspecified atom stereocenters. The molecule has 1 aromatic carbocycles. The second kappa shape index (κ2) is 6.05. The van der Waals surface area contributed by atoms with Crippen molar-refractivity contribution in [2.45, 2.75) is 26.2 Å². The maximum absolute atomic E-state index is 12.6. The number of anilines is 2. The molecule has 3 rings (SSSR count). The van der Waals surface area contributed by atoms with Crippen molar-refractivity contribution < 1.29 is 14.0 Å². The summed E-state index contributed by atoms with van der Waals surface area (Å²) >= 11 is 0. The molecule has 1 aliphatic rings. The molecule has 22 heavy (non-hydrogen) atoms. The van der Waals surface area contributed by atoms with Crippen LogP contribution in [0.25, 0.3) is 0 Å². The van der Waals surface area contributed by atoms with E-state index in [0.29, 0.717) is 24.4 Å². The molecule has 0 saturated carbocycles. The molecule has 114 valence electrons. The van der Waals surface area contributed by atoms with Crippen molar-refractivity contribution in [1.82, 2.24) is 0 Å². The molecule has 5 heteroatoms. The van der Waals surface area contributed by atoms with Gasteiger partial charge in [0.25, 0.3) is 5.91 Å². The zero-order valence-electron chi connectivity index (χ0n) is 12.5. The van der Waals surface area contributed by atoms with Gasteiger partial charge in [0.2, 0.25) is 5.91 Å². The van der Waals surface area contributed by atoms with Crippen LogP contribution in [0.4, 0.5) is 11.4 Å². The third kappa shape index (κ3) is 2.74. The van der Waals surface area contributed by atoms with Crippen molar-refractivity contribution in [3.63, 3.8) is 0 Å². The standard InChI is InChI=1S/C17H18N2O3/c1-2-16(20)18-13-8-7-12-5-3-9-19(14(12)11-13)17(21)15-6-4-10-22-15/h4,6-8,10-11H,2-3,5,9H2,1H3,(H,18,20).